The second kappa shape index (κ2) is 5.51. The standard InChI is InChI=1S/C16H17NO3/c1-12-10-13(16-5-3-14(11-18)20-16)2-4-15(12)17-6-8-19-9-7-17/h2-5,10-11H,6-9H2,1H3. The number of aldehydes is 1. The fourth-order valence-electron chi connectivity index (χ4n) is 2.54. The van der Waals surface area contributed by atoms with Crippen molar-refractivity contribution in [2.45, 2.75) is 6.92 Å². The van der Waals surface area contributed by atoms with Gasteiger partial charge in [-0.3, -0.25) is 4.79 Å². The number of rotatable bonds is 3. The van der Waals surface area contributed by atoms with Gasteiger partial charge in [0.2, 0.25) is 0 Å². The summed E-state index contributed by atoms with van der Waals surface area (Å²) < 4.78 is 10.8. The highest BCUT2D eigenvalue weighted by atomic mass is 16.5. The van der Waals surface area contributed by atoms with E-state index in [1.807, 2.05) is 12.1 Å². The summed E-state index contributed by atoms with van der Waals surface area (Å²) in [7, 11) is 0. The summed E-state index contributed by atoms with van der Waals surface area (Å²) in [5.41, 5.74) is 3.43. The van der Waals surface area contributed by atoms with Crippen molar-refractivity contribution in [3.8, 4) is 11.3 Å². The molecule has 2 aromatic rings. The third-order valence-corrected chi connectivity index (χ3v) is 3.58. The lowest BCUT2D eigenvalue weighted by atomic mass is 10.1. The van der Waals surface area contributed by atoms with Crippen LogP contribution in [0.5, 0.6) is 0 Å². The second-order valence-corrected chi connectivity index (χ2v) is 4.92. The van der Waals surface area contributed by atoms with Crippen LogP contribution in [0.4, 0.5) is 5.69 Å². The highest BCUT2D eigenvalue weighted by molar-refractivity contribution is 5.73. The first kappa shape index (κ1) is 12.9. The number of carbonyl (C=O) groups is 1. The van der Waals surface area contributed by atoms with Crippen LogP contribution in [0.25, 0.3) is 11.3 Å². The molecule has 2 heterocycles. The number of hydrogen-bond donors (Lipinski definition) is 0. The zero-order valence-corrected chi connectivity index (χ0v) is 11.5. The largest absolute Gasteiger partial charge is 0.453 e. The molecule has 0 unspecified atom stereocenters. The number of anilines is 1. The van der Waals surface area contributed by atoms with Crippen molar-refractivity contribution in [3.05, 3.63) is 41.7 Å². The topological polar surface area (TPSA) is 42.7 Å². The molecule has 0 N–H and O–H groups in total. The molecule has 1 aromatic heterocycles. The quantitative estimate of drug-likeness (QED) is 0.805. The Morgan fingerprint density at radius 3 is 2.60 bits per heavy atom. The summed E-state index contributed by atoms with van der Waals surface area (Å²) in [5, 5.41) is 0. The lowest BCUT2D eigenvalue weighted by Gasteiger charge is -2.30. The number of aryl methyl sites for hydroxylation is 1. The number of furan rings is 1. The fraction of sp³-hybridized carbons (Fsp3) is 0.312. The fourth-order valence-corrected chi connectivity index (χ4v) is 2.54. The van der Waals surface area contributed by atoms with E-state index in [9.17, 15) is 4.79 Å². The molecule has 0 bridgehead atoms. The molecule has 20 heavy (non-hydrogen) atoms. The van der Waals surface area contributed by atoms with Crippen molar-refractivity contribution in [1.82, 2.24) is 0 Å². The third kappa shape index (κ3) is 2.47. The smallest absolute Gasteiger partial charge is 0.185 e. The Balaban J connectivity index is 1.88. The average Bonchev–Trinajstić information content (AvgIpc) is 2.97. The van der Waals surface area contributed by atoms with E-state index in [-0.39, 0.29) is 0 Å². The first-order chi connectivity index (χ1) is 9.78. The maximum atomic E-state index is 10.7. The van der Waals surface area contributed by atoms with Gasteiger partial charge in [0.15, 0.2) is 12.0 Å². The van der Waals surface area contributed by atoms with E-state index >= 15 is 0 Å². The van der Waals surface area contributed by atoms with E-state index in [1.54, 1.807) is 6.07 Å². The lowest BCUT2D eigenvalue weighted by Crippen LogP contribution is -2.36. The predicted octanol–water partition coefficient (Wildman–Crippen LogP) is 2.90. The van der Waals surface area contributed by atoms with E-state index in [4.69, 9.17) is 9.15 Å². The zero-order valence-electron chi connectivity index (χ0n) is 11.5. The van der Waals surface area contributed by atoms with Crippen LogP contribution in [0.15, 0.2) is 34.7 Å². The normalized spacial score (nSPS) is 15.3. The van der Waals surface area contributed by atoms with E-state index < -0.39 is 0 Å². The van der Waals surface area contributed by atoms with Crippen LogP contribution < -0.4 is 4.90 Å². The van der Waals surface area contributed by atoms with E-state index in [1.165, 1.54) is 11.3 Å². The number of ether oxygens (including phenoxy) is 1. The number of hydrogen-bond acceptors (Lipinski definition) is 4. The molecule has 0 saturated carbocycles. The molecule has 0 spiro atoms. The average molecular weight is 271 g/mol. The predicted molar refractivity (Wildman–Crippen MR) is 77.3 cm³/mol. The molecular weight excluding hydrogens is 254 g/mol. The SMILES string of the molecule is Cc1cc(-c2ccc(C=O)o2)ccc1N1CCOCC1. The molecule has 3 rings (SSSR count). The van der Waals surface area contributed by atoms with Crippen molar-refractivity contribution in [2.24, 2.45) is 0 Å². The molecule has 1 aliphatic rings. The molecule has 0 aliphatic carbocycles. The molecule has 0 atom stereocenters. The summed E-state index contributed by atoms with van der Waals surface area (Å²) in [5.74, 6) is 1.08. The zero-order chi connectivity index (χ0) is 13.9. The maximum absolute atomic E-state index is 10.7. The van der Waals surface area contributed by atoms with E-state index in [0.29, 0.717) is 5.76 Å². The van der Waals surface area contributed by atoms with Crippen LogP contribution in [-0.2, 0) is 4.74 Å². The van der Waals surface area contributed by atoms with Gasteiger partial charge in [0.25, 0.3) is 0 Å². The van der Waals surface area contributed by atoms with E-state index in [0.717, 1.165) is 43.9 Å². The second-order valence-electron chi connectivity index (χ2n) is 4.92. The number of benzene rings is 1. The van der Waals surface area contributed by atoms with Gasteiger partial charge in [0, 0.05) is 24.3 Å². The van der Waals surface area contributed by atoms with Gasteiger partial charge in [0.1, 0.15) is 5.76 Å². The van der Waals surface area contributed by atoms with Crippen molar-refractivity contribution in [1.29, 1.82) is 0 Å². The summed E-state index contributed by atoms with van der Waals surface area (Å²) in [6.07, 6.45) is 0.721. The monoisotopic (exact) mass is 271 g/mol. The van der Waals surface area contributed by atoms with Crippen molar-refractivity contribution < 1.29 is 13.9 Å². The Morgan fingerprint density at radius 2 is 1.95 bits per heavy atom. The molecule has 1 saturated heterocycles. The Hall–Kier alpha value is -2.07. The first-order valence-corrected chi connectivity index (χ1v) is 6.76. The molecular formula is C16H17NO3. The molecule has 1 fully saturated rings. The molecule has 1 aliphatic heterocycles. The van der Waals surface area contributed by atoms with Crippen molar-refractivity contribution >= 4 is 12.0 Å². The highest BCUT2D eigenvalue weighted by Crippen LogP contribution is 2.28. The van der Waals surface area contributed by atoms with Crippen molar-refractivity contribution in [3.63, 3.8) is 0 Å². The molecule has 104 valence electrons. The summed E-state index contributed by atoms with van der Waals surface area (Å²) >= 11 is 0. The van der Waals surface area contributed by atoms with Gasteiger partial charge in [0.05, 0.1) is 13.2 Å². The van der Waals surface area contributed by atoms with Gasteiger partial charge in [-0.2, -0.15) is 0 Å². The minimum absolute atomic E-state index is 0.356. The van der Waals surface area contributed by atoms with E-state index in [2.05, 4.69) is 24.0 Å². The summed E-state index contributed by atoms with van der Waals surface area (Å²) in [6.45, 7) is 5.51. The Bertz CT molecular complexity index is 612. The summed E-state index contributed by atoms with van der Waals surface area (Å²) in [4.78, 5) is 13.0. The van der Waals surface area contributed by atoms with Crippen LogP contribution in [0.2, 0.25) is 0 Å². The Labute approximate surface area is 118 Å². The third-order valence-electron chi connectivity index (χ3n) is 3.58. The molecule has 0 radical (unpaired) electrons. The van der Waals surface area contributed by atoms with Gasteiger partial charge in [-0.05, 0) is 42.8 Å². The number of carbonyl (C=O) groups excluding carboxylic acids is 1. The maximum Gasteiger partial charge on any atom is 0.185 e. The van der Waals surface area contributed by atoms with Crippen LogP contribution >= 0.6 is 0 Å². The van der Waals surface area contributed by atoms with Gasteiger partial charge >= 0.3 is 0 Å². The highest BCUT2D eigenvalue weighted by Gasteiger charge is 2.14. The lowest BCUT2D eigenvalue weighted by molar-refractivity contribution is 0.110. The molecule has 1 aromatic carbocycles. The van der Waals surface area contributed by atoms with Gasteiger partial charge in [-0.1, -0.05) is 0 Å². The van der Waals surface area contributed by atoms with Crippen LogP contribution in [0, 0.1) is 6.92 Å². The van der Waals surface area contributed by atoms with Gasteiger partial charge in [-0.15, -0.1) is 0 Å². The first-order valence-electron chi connectivity index (χ1n) is 6.76. The number of morpholine rings is 1. The van der Waals surface area contributed by atoms with Crippen LogP contribution in [0.1, 0.15) is 16.1 Å². The van der Waals surface area contributed by atoms with Gasteiger partial charge in [-0.25, -0.2) is 0 Å². The minimum atomic E-state index is 0.356. The molecule has 0 amide bonds. The number of nitrogens with zero attached hydrogens (tertiary/aromatic N) is 1. The minimum Gasteiger partial charge on any atom is -0.453 e. The van der Waals surface area contributed by atoms with Crippen LogP contribution in [-0.4, -0.2) is 32.6 Å². The van der Waals surface area contributed by atoms with Gasteiger partial charge < -0.3 is 14.1 Å². The Morgan fingerprint density at radius 1 is 1.15 bits per heavy atom. The van der Waals surface area contributed by atoms with Crippen molar-refractivity contribution in [2.75, 3.05) is 31.2 Å². The molecule has 4 nitrogen and oxygen atoms in total. The molecule has 4 heteroatoms. The Kier molecular flexibility index (Phi) is 3.56. The van der Waals surface area contributed by atoms with Crippen LogP contribution in [0.3, 0.4) is 0 Å². The summed E-state index contributed by atoms with van der Waals surface area (Å²) in [6, 6.07) is 9.75.